The molecule has 1 aromatic heterocycles. The first kappa shape index (κ1) is 33.2. The minimum Gasteiger partial charge on any atom is -0.478 e. The Bertz CT molecular complexity index is 1500. The fraction of sp³-hybridized carbons (Fsp3) is 0.353. The maximum atomic E-state index is 13.1. The molecule has 44 heavy (non-hydrogen) atoms. The van der Waals surface area contributed by atoms with E-state index in [1.807, 2.05) is 60.5 Å². The number of aromatic nitrogens is 1. The summed E-state index contributed by atoms with van der Waals surface area (Å²) in [6.45, 7) is 3.54. The van der Waals surface area contributed by atoms with E-state index in [-0.39, 0.29) is 11.8 Å². The number of fused-ring (bicyclic) bond motifs is 2. The lowest BCUT2D eigenvalue weighted by Gasteiger charge is -2.32. The molecule has 10 heteroatoms. The van der Waals surface area contributed by atoms with Gasteiger partial charge in [0.05, 0.1) is 10.0 Å². The van der Waals surface area contributed by atoms with Gasteiger partial charge < -0.3 is 15.1 Å². The van der Waals surface area contributed by atoms with Gasteiger partial charge in [0.25, 0.3) is 5.91 Å². The van der Waals surface area contributed by atoms with Gasteiger partial charge >= 0.3 is 11.9 Å². The summed E-state index contributed by atoms with van der Waals surface area (Å²) < 4.78 is 0. The molecule has 1 aliphatic carbocycles. The van der Waals surface area contributed by atoms with E-state index in [9.17, 15) is 14.4 Å². The molecule has 0 fully saturated rings. The van der Waals surface area contributed by atoms with E-state index in [4.69, 9.17) is 38.4 Å². The number of carboxylic acids is 2. The Hall–Kier alpha value is -3.72. The first-order chi connectivity index (χ1) is 21.1. The molecule has 0 saturated carbocycles. The molecule has 1 amide bonds. The van der Waals surface area contributed by atoms with Crippen LogP contribution >= 0.6 is 23.2 Å². The zero-order chi connectivity index (χ0) is 31.6. The van der Waals surface area contributed by atoms with E-state index in [2.05, 4.69) is 11.0 Å². The molecule has 1 atom stereocenters. The van der Waals surface area contributed by atoms with Gasteiger partial charge in [0, 0.05) is 68.1 Å². The predicted octanol–water partition coefficient (Wildman–Crippen LogP) is 6.28. The molecule has 2 N–H and O–H groups in total. The second kappa shape index (κ2) is 15.8. The number of likely N-dealkylation sites (N-methyl/N-ethyl adjacent to an activating group) is 1. The Labute approximate surface area is 267 Å². The average Bonchev–Trinajstić information content (AvgIpc) is 3.02. The number of aryl methyl sites for hydroxylation is 2. The Morgan fingerprint density at radius 1 is 0.909 bits per heavy atom. The number of rotatable bonds is 9. The van der Waals surface area contributed by atoms with Crippen molar-refractivity contribution >= 4 is 41.0 Å². The number of carboxylic acid groups (broad SMARTS) is 2. The Kier molecular flexibility index (Phi) is 11.9. The molecule has 1 unspecified atom stereocenters. The van der Waals surface area contributed by atoms with Crippen molar-refractivity contribution in [2.45, 2.75) is 51.0 Å². The largest absolute Gasteiger partial charge is 0.478 e. The number of pyridine rings is 1. The van der Waals surface area contributed by atoms with Crippen molar-refractivity contribution in [1.29, 1.82) is 0 Å². The van der Waals surface area contributed by atoms with Crippen molar-refractivity contribution < 1.29 is 24.6 Å². The maximum absolute atomic E-state index is 13.1. The average molecular weight is 639 g/mol. The number of carbonyl (C=O) groups excluding carboxylic acids is 1. The minimum absolute atomic E-state index is 0.0309. The number of aliphatic carboxylic acids is 2. The van der Waals surface area contributed by atoms with Crippen molar-refractivity contribution in [3.63, 3.8) is 0 Å². The number of hydrogen-bond acceptors (Lipinski definition) is 5. The number of hydrogen-bond donors (Lipinski definition) is 2. The van der Waals surface area contributed by atoms with Gasteiger partial charge in [0.1, 0.15) is 0 Å². The molecule has 0 spiro atoms. The molecule has 1 aliphatic heterocycles. The quantitative estimate of drug-likeness (QED) is 0.266. The minimum atomic E-state index is -1.26. The van der Waals surface area contributed by atoms with Crippen LogP contribution in [0, 0.1) is 0 Å². The topological polar surface area (TPSA) is 111 Å². The summed E-state index contributed by atoms with van der Waals surface area (Å²) in [5, 5.41) is 16.7. The van der Waals surface area contributed by atoms with Gasteiger partial charge in [-0.15, -0.1) is 0 Å². The third-order valence-electron chi connectivity index (χ3n) is 7.97. The maximum Gasteiger partial charge on any atom is 0.328 e. The fourth-order valence-corrected chi connectivity index (χ4v) is 5.98. The van der Waals surface area contributed by atoms with Crippen molar-refractivity contribution in [3.8, 4) is 0 Å². The molecule has 0 saturated heterocycles. The standard InChI is InChI=1S/C30H33Cl2N3O.C4H4O4/c1-34(30(36)21-7-3-2-4-8-21)19-24(22-11-12-26(31)27(32)18-22)13-15-35-16-14-29-25(20-35)17-23-9-5-6-10-28(23)33-29;5-3(6)1-2-4(7)8/h2-4,7-8,11-12,17-18,24H,5-6,9-10,13-16,19-20H2,1H3;1-2H,(H,5,6)(H,7,8)/b;2-1+. The second-order valence-electron chi connectivity index (χ2n) is 11.2. The van der Waals surface area contributed by atoms with Crippen LogP contribution < -0.4 is 0 Å². The lowest BCUT2D eigenvalue weighted by molar-refractivity contribution is -0.134. The van der Waals surface area contributed by atoms with Crippen LogP contribution in [0.2, 0.25) is 10.0 Å². The van der Waals surface area contributed by atoms with E-state index >= 15 is 0 Å². The molecule has 0 bridgehead atoms. The van der Waals surface area contributed by atoms with E-state index in [0.717, 1.165) is 50.9 Å². The number of nitrogens with zero attached hydrogens (tertiary/aromatic N) is 3. The lowest BCUT2D eigenvalue weighted by Crippen LogP contribution is -2.35. The van der Waals surface area contributed by atoms with Crippen LogP contribution in [0.4, 0.5) is 0 Å². The van der Waals surface area contributed by atoms with Crippen molar-refractivity contribution in [3.05, 3.63) is 110 Å². The third-order valence-corrected chi connectivity index (χ3v) is 8.71. The molecule has 2 aromatic carbocycles. The summed E-state index contributed by atoms with van der Waals surface area (Å²) in [4.78, 5) is 41.6. The van der Waals surface area contributed by atoms with E-state index in [1.54, 1.807) is 0 Å². The zero-order valence-corrected chi connectivity index (χ0v) is 26.2. The highest BCUT2D eigenvalue weighted by Crippen LogP contribution is 2.30. The highest BCUT2D eigenvalue weighted by molar-refractivity contribution is 6.42. The summed E-state index contributed by atoms with van der Waals surface area (Å²) in [7, 11) is 1.88. The van der Waals surface area contributed by atoms with Crippen LogP contribution in [-0.2, 0) is 35.4 Å². The summed E-state index contributed by atoms with van der Waals surface area (Å²) in [6.07, 6.45) is 7.89. The molecule has 2 aliphatic rings. The molecule has 0 radical (unpaired) electrons. The van der Waals surface area contributed by atoms with Crippen LogP contribution in [0.1, 0.15) is 63.6 Å². The Morgan fingerprint density at radius 2 is 1.59 bits per heavy atom. The van der Waals surface area contributed by atoms with Gasteiger partial charge in [-0.1, -0.05) is 53.5 Å². The lowest BCUT2D eigenvalue weighted by atomic mass is 9.91. The third kappa shape index (κ3) is 9.39. The number of amides is 1. The van der Waals surface area contributed by atoms with Crippen molar-refractivity contribution in [2.24, 2.45) is 0 Å². The highest BCUT2D eigenvalue weighted by atomic mass is 35.5. The second-order valence-corrected chi connectivity index (χ2v) is 12.0. The monoisotopic (exact) mass is 637 g/mol. The van der Waals surface area contributed by atoms with Gasteiger partial charge in [-0.05, 0) is 79.6 Å². The number of halogens is 2. The summed E-state index contributed by atoms with van der Waals surface area (Å²) >= 11 is 12.6. The van der Waals surface area contributed by atoms with Crippen molar-refractivity contribution in [2.75, 3.05) is 26.7 Å². The van der Waals surface area contributed by atoms with Gasteiger partial charge in [-0.3, -0.25) is 14.7 Å². The van der Waals surface area contributed by atoms with Crippen molar-refractivity contribution in [1.82, 2.24) is 14.8 Å². The normalized spacial score (nSPS) is 15.0. The van der Waals surface area contributed by atoms with Crippen LogP contribution in [0.3, 0.4) is 0 Å². The predicted molar refractivity (Wildman–Crippen MR) is 171 cm³/mol. The van der Waals surface area contributed by atoms with Crippen LogP contribution in [-0.4, -0.2) is 69.5 Å². The molecule has 8 nitrogen and oxygen atoms in total. The van der Waals surface area contributed by atoms with Gasteiger partial charge in [0.15, 0.2) is 0 Å². The molecule has 3 aromatic rings. The summed E-state index contributed by atoms with van der Waals surface area (Å²) in [5.74, 6) is -2.33. The van der Waals surface area contributed by atoms with Gasteiger partial charge in [-0.2, -0.15) is 0 Å². The summed E-state index contributed by atoms with van der Waals surface area (Å²) in [5.41, 5.74) is 7.29. The van der Waals surface area contributed by atoms with Crippen LogP contribution in [0.5, 0.6) is 0 Å². The van der Waals surface area contributed by atoms with Crippen LogP contribution in [0.15, 0.2) is 66.7 Å². The summed E-state index contributed by atoms with van der Waals surface area (Å²) in [6, 6.07) is 17.7. The fourth-order valence-electron chi connectivity index (χ4n) is 5.68. The number of carbonyl (C=O) groups is 3. The van der Waals surface area contributed by atoms with E-state index in [1.165, 1.54) is 35.4 Å². The molecular formula is C34H37Cl2N3O5. The molecule has 232 valence electrons. The zero-order valence-electron chi connectivity index (χ0n) is 24.7. The Morgan fingerprint density at radius 3 is 2.27 bits per heavy atom. The molecular weight excluding hydrogens is 601 g/mol. The SMILES string of the molecule is CN(CC(CCN1CCc2nc3c(cc2C1)CCCC3)c1ccc(Cl)c(Cl)c1)C(=O)c1ccccc1.O=C(O)/C=C/C(=O)O. The van der Waals surface area contributed by atoms with Gasteiger partial charge in [-0.25, -0.2) is 9.59 Å². The van der Waals surface area contributed by atoms with Gasteiger partial charge in [0.2, 0.25) is 0 Å². The molecule has 2 heterocycles. The first-order valence-electron chi connectivity index (χ1n) is 14.7. The first-order valence-corrected chi connectivity index (χ1v) is 15.5. The van der Waals surface area contributed by atoms with Crippen LogP contribution in [0.25, 0.3) is 0 Å². The van der Waals surface area contributed by atoms with E-state index < -0.39 is 11.9 Å². The Balaban J connectivity index is 0.000000488. The smallest absolute Gasteiger partial charge is 0.328 e. The highest BCUT2D eigenvalue weighted by Gasteiger charge is 2.24. The number of benzene rings is 2. The molecule has 5 rings (SSSR count). The van der Waals surface area contributed by atoms with E-state index in [0.29, 0.717) is 34.3 Å².